The van der Waals surface area contributed by atoms with Gasteiger partial charge in [0.1, 0.15) is 0 Å². The van der Waals surface area contributed by atoms with Crippen molar-refractivity contribution in [1.29, 1.82) is 0 Å². The molecule has 0 radical (unpaired) electrons. The first-order chi connectivity index (χ1) is 7.70. The molecule has 0 saturated carbocycles. The van der Waals surface area contributed by atoms with Crippen molar-refractivity contribution >= 4 is 5.78 Å². The number of nitrogens with zero attached hydrogens (tertiary/aromatic N) is 3. The minimum atomic E-state index is -0.0143. The first-order valence-corrected chi connectivity index (χ1v) is 5.26. The largest absolute Gasteiger partial charge is 0.342 e. The van der Waals surface area contributed by atoms with E-state index in [1.165, 1.54) is 0 Å². The van der Waals surface area contributed by atoms with Crippen LogP contribution in [-0.4, -0.2) is 25.5 Å². The Kier molecular flexibility index (Phi) is 2.85. The maximum Gasteiger partial charge on any atom is 0.203 e. The summed E-state index contributed by atoms with van der Waals surface area (Å²) in [6.07, 6.45) is 3.56. The Balaban J connectivity index is 2.17. The maximum absolute atomic E-state index is 11.8. The van der Waals surface area contributed by atoms with Crippen LogP contribution in [0.2, 0.25) is 0 Å². The Morgan fingerprint density at radius 2 is 2.38 bits per heavy atom. The fourth-order valence-electron chi connectivity index (χ4n) is 1.68. The summed E-state index contributed by atoms with van der Waals surface area (Å²) >= 11 is 0. The molecule has 2 heterocycles. The monoisotopic (exact) mass is 218 g/mol. The summed E-state index contributed by atoms with van der Waals surface area (Å²) in [7, 11) is 0. The Bertz CT molecular complexity index is 484. The van der Waals surface area contributed by atoms with Crippen molar-refractivity contribution in [2.45, 2.75) is 26.8 Å². The first kappa shape index (κ1) is 10.6. The zero-order chi connectivity index (χ0) is 11.5. The summed E-state index contributed by atoms with van der Waals surface area (Å²) in [4.78, 5) is 18.6. The lowest BCUT2D eigenvalue weighted by Gasteiger charge is -2.02. The Morgan fingerprint density at radius 3 is 3.00 bits per heavy atom. The van der Waals surface area contributed by atoms with Gasteiger partial charge in [-0.3, -0.25) is 9.48 Å². The summed E-state index contributed by atoms with van der Waals surface area (Å²) in [6.45, 7) is 4.70. The van der Waals surface area contributed by atoms with Crippen molar-refractivity contribution in [3.8, 4) is 0 Å². The van der Waals surface area contributed by atoms with E-state index in [2.05, 4.69) is 15.1 Å². The molecule has 84 valence electrons. The molecule has 0 bridgehead atoms. The van der Waals surface area contributed by atoms with E-state index in [9.17, 15) is 4.79 Å². The van der Waals surface area contributed by atoms with Crippen LogP contribution in [0.25, 0.3) is 0 Å². The summed E-state index contributed by atoms with van der Waals surface area (Å²) in [5.41, 5.74) is 1.87. The smallest absolute Gasteiger partial charge is 0.203 e. The molecule has 0 unspecified atom stereocenters. The molecule has 1 N–H and O–H groups in total. The molecule has 16 heavy (non-hydrogen) atoms. The average Bonchev–Trinajstić information content (AvgIpc) is 2.87. The molecule has 5 heteroatoms. The average molecular weight is 218 g/mol. The molecule has 0 fully saturated rings. The third-order valence-electron chi connectivity index (χ3n) is 2.39. The predicted molar refractivity (Wildman–Crippen MR) is 59.3 cm³/mol. The van der Waals surface area contributed by atoms with Gasteiger partial charge in [0.05, 0.1) is 12.1 Å². The van der Waals surface area contributed by atoms with Gasteiger partial charge in [0.25, 0.3) is 0 Å². The molecular weight excluding hydrogens is 204 g/mol. The van der Waals surface area contributed by atoms with Gasteiger partial charge in [-0.25, -0.2) is 4.98 Å². The number of carbonyl (C=O) groups excluding carboxylic acids is 1. The number of aromatic nitrogens is 4. The van der Waals surface area contributed by atoms with Gasteiger partial charge >= 0.3 is 0 Å². The number of rotatable bonds is 4. The third kappa shape index (κ3) is 2.03. The number of hydrogen-bond donors (Lipinski definition) is 1. The standard InChI is InChI=1S/C11H14N4O/c1-3-15-9(6-8(2)14-15)7-10(16)11-12-4-5-13-11/h4-6H,3,7H2,1-2H3,(H,12,13). The molecule has 0 saturated heterocycles. The molecular formula is C11H14N4O. The van der Waals surface area contributed by atoms with E-state index < -0.39 is 0 Å². The minimum absolute atomic E-state index is 0.0143. The van der Waals surface area contributed by atoms with Crippen LogP contribution < -0.4 is 0 Å². The second kappa shape index (κ2) is 4.30. The van der Waals surface area contributed by atoms with Crippen LogP contribution >= 0.6 is 0 Å². The van der Waals surface area contributed by atoms with Gasteiger partial charge in [-0.1, -0.05) is 0 Å². The van der Waals surface area contributed by atoms with E-state index >= 15 is 0 Å². The highest BCUT2D eigenvalue weighted by atomic mass is 16.1. The fourth-order valence-corrected chi connectivity index (χ4v) is 1.68. The quantitative estimate of drug-likeness (QED) is 0.788. The van der Waals surface area contributed by atoms with E-state index in [0.29, 0.717) is 12.2 Å². The highest BCUT2D eigenvalue weighted by Gasteiger charge is 2.13. The normalized spacial score (nSPS) is 10.6. The van der Waals surface area contributed by atoms with Crippen LogP contribution in [0, 0.1) is 6.92 Å². The van der Waals surface area contributed by atoms with E-state index in [1.807, 2.05) is 24.6 Å². The highest BCUT2D eigenvalue weighted by molar-refractivity contribution is 5.93. The van der Waals surface area contributed by atoms with Gasteiger partial charge in [0.15, 0.2) is 5.82 Å². The minimum Gasteiger partial charge on any atom is -0.342 e. The molecule has 5 nitrogen and oxygen atoms in total. The molecule has 0 aromatic carbocycles. The molecule has 0 amide bonds. The molecule has 0 aliphatic rings. The molecule has 0 spiro atoms. The van der Waals surface area contributed by atoms with Gasteiger partial charge in [0.2, 0.25) is 5.78 Å². The zero-order valence-electron chi connectivity index (χ0n) is 9.40. The highest BCUT2D eigenvalue weighted by Crippen LogP contribution is 2.07. The lowest BCUT2D eigenvalue weighted by molar-refractivity contribution is 0.0981. The second-order valence-electron chi connectivity index (χ2n) is 3.63. The number of aryl methyl sites for hydroxylation is 2. The molecule has 0 aliphatic carbocycles. The summed E-state index contributed by atoms with van der Waals surface area (Å²) < 4.78 is 1.84. The Hall–Kier alpha value is -1.91. The fraction of sp³-hybridized carbons (Fsp3) is 0.364. The molecule has 0 aliphatic heterocycles. The van der Waals surface area contributed by atoms with Crippen LogP contribution in [0.15, 0.2) is 18.5 Å². The van der Waals surface area contributed by atoms with Crippen molar-refractivity contribution in [2.24, 2.45) is 0 Å². The number of imidazole rings is 1. The summed E-state index contributed by atoms with van der Waals surface area (Å²) in [5, 5.41) is 4.30. The molecule has 2 aromatic heterocycles. The van der Waals surface area contributed by atoms with Crippen LogP contribution in [0.4, 0.5) is 0 Å². The number of Topliss-reactive ketones (excluding diaryl/α,β-unsaturated/α-hetero) is 1. The van der Waals surface area contributed by atoms with Crippen LogP contribution in [-0.2, 0) is 13.0 Å². The van der Waals surface area contributed by atoms with Gasteiger partial charge in [-0.2, -0.15) is 5.10 Å². The van der Waals surface area contributed by atoms with Gasteiger partial charge < -0.3 is 4.98 Å². The van der Waals surface area contributed by atoms with E-state index in [0.717, 1.165) is 17.9 Å². The number of aromatic amines is 1. The van der Waals surface area contributed by atoms with E-state index in [-0.39, 0.29) is 5.78 Å². The van der Waals surface area contributed by atoms with Gasteiger partial charge in [-0.05, 0) is 19.9 Å². The van der Waals surface area contributed by atoms with Gasteiger partial charge in [0, 0.05) is 24.6 Å². The maximum atomic E-state index is 11.8. The molecule has 2 rings (SSSR count). The van der Waals surface area contributed by atoms with Crippen molar-refractivity contribution in [2.75, 3.05) is 0 Å². The summed E-state index contributed by atoms with van der Waals surface area (Å²) in [5.74, 6) is 0.390. The predicted octanol–water partition coefficient (Wildman–Crippen LogP) is 1.36. The number of H-pyrrole nitrogens is 1. The number of hydrogen-bond acceptors (Lipinski definition) is 3. The zero-order valence-corrected chi connectivity index (χ0v) is 9.40. The third-order valence-corrected chi connectivity index (χ3v) is 2.39. The second-order valence-corrected chi connectivity index (χ2v) is 3.63. The van der Waals surface area contributed by atoms with Crippen molar-refractivity contribution in [3.05, 3.63) is 35.7 Å². The van der Waals surface area contributed by atoms with Crippen molar-refractivity contribution in [1.82, 2.24) is 19.7 Å². The van der Waals surface area contributed by atoms with Crippen LogP contribution in [0.3, 0.4) is 0 Å². The van der Waals surface area contributed by atoms with Crippen molar-refractivity contribution < 1.29 is 4.79 Å². The van der Waals surface area contributed by atoms with Crippen molar-refractivity contribution in [3.63, 3.8) is 0 Å². The first-order valence-electron chi connectivity index (χ1n) is 5.26. The topological polar surface area (TPSA) is 63.6 Å². The van der Waals surface area contributed by atoms with Crippen LogP contribution in [0.1, 0.15) is 28.9 Å². The Labute approximate surface area is 93.5 Å². The summed E-state index contributed by atoms with van der Waals surface area (Å²) in [6, 6.07) is 1.93. The lowest BCUT2D eigenvalue weighted by Crippen LogP contribution is -2.10. The SMILES string of the molecule is CCn1nc(C)cc1CC(=O)c1ncc[nH]1. The number of ketones is 1. The number of nitrogens with one attached hydrogen (secondary N) is 1. The van der Waals surface area contributed by atoms with E-state index in [1.54, 1.807) is 12.4 Å². The molecule has 2 aromatic rings. The number of carbonyl (C=O) groups is 1. The van der Waals surface area contributed by atoms with Crippen LogP contribution in [0.5, 0.6) is 0 Å². The van der Waals surface area contributed by atoms with Gasteiger partial charge in [-0.15, -0.1) is 0 Å². The van der Waals surface area contributed by atoms with E-state index in [4.69, 9.17) is 0 Å². The Morgan fingerprint density at radius 1 is 1.56 bits per heavy atom. The molecule has 0 atom stereocenters. The lowest BCUT2D eigenvalue weighted by atomic mass is 10.2.